The van der Waals surface area contributed by atoms with Crippen molar-refractivity contribution in [3.05, 3.63) is 94.8 Å². The Balaban J connectivity index is 1.57. The largest absolute Gasteiger partial charge is 0.420 e. The molecule has 2 aliphatic carbocycles. The summed E-state index contributed by atoms with van der Waals surface area (Å²) in [5.41, 5.74) is -2.08. The molecule has 0 spiro atoms. The summed E-state index contributed by atoms with van der Waals surface area (Å²) in [7, 11) is 0. The maximum absolute atomic E-state index is 14.1. The van der Waals surface area contributed by atoms with Gasteiger partial charge in [0.15, 0.2) is 5.60 Å². The van der Waals surface area contributed by atoms with E-state index in [0.29, 0.717) is 36.2 Å². The molecule has 200 valence electrons. The van der Waals surface area contributed by atoms with Crippen molar-refractivity contribution in [3.63, 3.8) is 0 Å². The molecule has 0 radical (unpaired) electrons. The average Bonchev–Trinajstić information content (AvgIpc) is 2.86. The third-order valence-electron chi connectivity index (χ3n) is 8.63. The van der Waals surface area contributed by atoms with Crippen molar-refractivity contribution in [1.82, 2.24) is 4.98 Å². The van der Waals surface area contributed by atoms with Crippen LogP contribution in [0.15, 0.2) is 66.9 Å². The summed E-state index contributed by atoms with van der Waals surface area (Å²) in [5, 5.41) is 25.0. The average molecular weight is 525 g/mol. The molecule has 1 unspecified atom stereocenters. The predicted molar refractivity (Wildman–Crippen MR) is 138 cm³/mol. The number of anilines is 1. The number of nitrogens with one attached hydrogen (secondary N) is 1. The van der Waals surface area contributed by atoms with Gasteiger partial charge in [0.2, 0.25) is 0 Å². The Bertz CT molecular complexity index is 1360. The van der Waals surface area contributed by atoms with Gasteiger partial charge in [0.25, 0.3) is 5.91 Å². The monoisotopic (exact) mass is 524 g/mol. The van der Waals surface area contributed by atoms with Crippen LogP contribution in [0.3, 0.4) is 0 Å². The second kappa shape index (κ2) is 9.20. The molecule has 1 fully saturated rings. The predicted octanol–water partition coefficient (Wildman–Crippen LogP) is 5.52. The van der Waals surface area contributed by atoms with Crippen LogP contribution in [0.25, 0.3) is 0 Å². The van der Waals surface area contributed by atoms with Gasteiger partial charge in [-0.05, 0) is 92.8 Å². The molecule has 5 nitrogen and oxygen atoms in total. The molecule has 2 aromatic carbocycles. The lowest BCUT2D eigenvalue weighted by molar-refractivity contribution is -0.338. The molecule has 4 atom stereocenters. The lowest BCUT2D eigenvalue weighted by Crippen LogP contribution is -2.69. The van der Waals surface area contributed by atoms with Crippen molar-refractivity contribution in [2.75, 3.05) is 5.32 Å². The van der Waals surface area contributed by atoms with Crippen LogP contribution in [-0.2, 0) is 18.3 Å². The number of benzene rings is 2. The van der Waals surface area contributed by atoms with Crippen LogP contribution in [0.4, 0.5) is 18.9 Å². The molecule has 1 aromatic heterocycles. The summed E-state index contributed by atoms with van der Waals surface area (Å²) in [5.74, 6) is -0.815. The second-order valence-electron chi connectivity index (χ2n) is 11.0. The number of amides is 1. The third-order valence-corrected chi connectivity index (χ3v) is 8.63. The van der Waals surface area contributed by atoms with E-state index in [-0.39, 0.29) is 12.3 Å². The Morgan fingerprint density at radius 3 is 2.53 bits per heavy atom. The van der Waals surface area contributed by atoms with Crippen LogP contribution in [0.1, 0.15) is 58.9 Å². The second-order valence-corrected chi connectivity index (χ2v) is 11.0. The number of alkyl halides is 3. The van der Waals surface area contributed by atoms with E-state index in [1.165, 1.54) is 0 Å². The summed E-state index contributed by atoms with van der Waals surface area (Å²) in [6.07, 6.45) is -2.88. The number of aromatic nitrogens is 1. The van der Waals surface area contributed by atoms with Gasteiger partial charge in [0.1, 0.15) is 5.60 Å². The number of rotatable bonds is 4. The lowest BCUT2D eigenvalue weighted by atomic mass is 9.49. The zero-order valence-electron chi connectivity index (χ0n) is 21.3. The van der Waals surface area contributed by atoms with E-state index in [1.807, 2.05) is 36.4 Å². The number of hydrogen-bond acceptors (Lipinski definition) is 4. The van der Waals surface area contributed by atoms with Crippen molar-refractivity contribution in [1.29, 1.82) is 0 Å². The van der Waals surface area contributed by atoms with Crippen molar-refractivity contribution < 1.29 is 28.2 Å². The zero-order chi connectivity index (χ0) is 27.3. The molecule has 3 N–H and O–H groups in total. The fraction of sp³-hybridized carbons (Fsp3) is 0.400. The number of fused-ring (bicyclic) bond motifs is 3. The minimum absolute atomic E-state index is 0.261. The Labute approximate surface area is 219 Å². The Morgan fingerprint density at radius 1 is 1.11 bits per heavy atom. The number of aryl methyl sites for hydroxylation is 2. The van der Waals surface area contributed by atoms with Crippen molar-refractivity contribution in [2.24, 2.45) is 5.92 Å². The smallest absolute Gasteiger partial charge is 0.387 e. The first-order valence-electron chi connectivity index (χ1n) is 12.8. The lowest BCUT2D eigenvalue weighted by Gasteiger charge is -2.59. The molecule has 1 amide bonds. The van der Waals surface area contributed by atoms with Gasteiger partial charge in [-0.2, -0.15) is 13.2 Å². The molecule has 0 bridgehead atoms. The molecule has 2 aliphatic rings. The highest BCUT2D eigenvalue weighted by Gasteiger charge is 2.70. The van der Waals surface area contributed by atoms with Crippen LogP contribution in [0.5, 0.6) is 0 Å². The Morgan fingerprint density at radius 2 is 1.84 bits per heavy atom. The summed E-state index contributed by atoms with van der Waals surface area (Å²) in [4.78, 5) is 17.3. The fourth-order valence-corrected chi connectivity index (χ4v) is 6.62. The van der Waals surface area contributed by atoms with E-state index >= 15 is 0 Å². The van der Waals surface area contributed by atoms with E-state index in [1.54, 1.807) is 37.4 Å². The van der Waals surface area contributed by atoms with E-state index in [2.05, 4.69) is 10.3 Å². The highest BCUT2D eigenvalue weighted by Crippen LogP contribution is 2.60. The van der Waals surface area contributed by atoms with Crippen LogP contribution in [0.2, 0.25) is 0 Å². The molecule has 0 saturated heterocycles. The van der Waals surface area contributed by atoms with Gasteiger partial charge >= 0.3 is 6.18 Å². The number of hydrogen-bond donors (Lipinski definition) is 3. The fourth-order valence-electron chi connectivity index (χ4n) is 6.62. The minimum atomic E-state index is -4.97. The topological polar surface area (TPSA) is 82.5 Å². The Hall–Kier alpha value is -3.23. The molecule has 1 heterocycles. The molecule has 38 heavy (non-hydrogen) atoms. The van der Waals surface area contributed by atoms with Gasteiger partial charge in [-0.1, -0.05) is 36.4 Å². The van der Waals surface area contributed by atoms with E-state index < -0.39 is 35.1 Å². The number of halogens is 3. The summed E-state index contributed by atoms with van der Waals surface area (Å²) in [6.45, 7) is 2.89. The molecule has 1 saturated carbocycles. The summed E-state index contributed by atoms with van der Waals surface area (Å²) < 4.78 is 42.4. The Kier molecular flexibility index (Phi) is 6.39. The van der Waals surface area contributed by atoms with Crippen molar-refractivity contribution in [2.45, 2.75) is 68.7 Å². The summed E-state index contributed by atoms with van der Waals surface area (Å²) in [6, 6.07) is 18.3. The minimum Gasteiger partial charge on any atom is -0.387 e. The zero-order valence-corrected chi connectivity index (χ0v) is 21.3. The van der Waals surface area contributed by atoms with Crippen LogP contribution in [-0.4, -0.2) is 38.5 Å². The first-order valence-corrected chi connectivity index (χ1v) is 12.8. The van der Waals surface area contributed by atoms with Gasteiger partial charge in [-0.25, -0.2) is 0 Å². The number of nitrogens with zero attached hydrogens (tertiary/aromatic N) is 1. The van der Waals surface area contributed by atoms with Crippen LogP contribution in [0, 0.1) is 12.8 Å². The van der Waals surface area contributed by atoms with Gasteiger partial charge < -0.3 is 15.5 Å². The van der Waals surface area contributed by atoms with Gasteiger partial charge in [-0.3, -0.25) is 9.78 Å². The molecular formula is C30H31F3N2O3. The van der Waals surface area contributed by atoms with Gasteiger partial charge in [0.05, 0.1) is 11.4 Å². The number of pyridine rings is 1. The van der Waals surface area contributed by atoms with Gasteiger partial charge in [-0.15, -0.1) is 0 Å². The molecule has 8 heteroatoms. The summed E-state index contributed by atoms with van der Waals surface area (Å²) >= 11 is 0. The first kappa shape index (κ1) is 26.4. The maximum atomic E-state index is 14.1. The number of aliphatic hydroxyl groups is 2. The molecule has 3 aromatic rings. The molecule has 0 aliphatic heterocycles. The van der Waals surface area contributed by atoms with E-state index in [0.717, 1.165) is 23.6 Å². The first-order chi connectivity index (χ1) is 17.9. The van der Waals surface area contributed by atoms with Gasteiger partial charge in [0, 0.05) is 17.2 Å². The van der Waals surface area contributed by atoms with Crippen molar-refractivity contribution >= 4 is 11.6 Å². The number of carbonyl (C=O) groups is 1. The third kappa shape index (κ3) is 4.29. The quantitative estimate of drug-likeness (QED) is 0.420. The SMILES string of the molecule is Cc1ncccc1NC(=O)c1ccc2c(c1)CC[C@@H]1C[C@@](O)(C(F)(F)F)[C@](C)(O)CC21Cc1ccccc1. The molecule has 5 rings (SSSR count). The van der Waals surface area contributed by atoms with E-state index in [9.17, 15) is 28.2 Å². The highest BCUT2D eigenvalue weighted by molar-refractivity contribution is 6.04. The molecular weight excluding hydrogens is 493 g/mol. The highest BCUT2D eigenvalue weighted by atomic mass is 19.4. The van der Waals surface area contributed by atoms with Crippen molar-refractivity contribution in [3.8, 4) is 0 Å². The van der Waals surface area contributed by atoms with Crippen LogP contribution < -0.4 is 5.32 Å². The number of carbonyl (C=O) groups excluding carboxylic acids is 1. The maximum Gasteiger partial charge on any atom is 0.420 e. The van der Waals surface area contributed by atoms with E-state index in [4.69, 9.17) is 0 Å². The van der Waals surface area contributed by atoms with Crippen LogP contribution >= 0.6 is 0 Å². The standard InChI is InChI=1S/C30H31F3N2O3/c1-19-25(9-6-14-34-19)35-26(36)22-11-13-24-21(15-22)10-12-23-17-29(38,30(31,32)33)27(2,37)18-28(23,24)16-20-7-4-3-5-8-20/h3-9,11,13-15,23,37-38H,10,12,16-18H2,1-2H3,(H,35,36)/t23-,27-,28?,29+/m1/s1. The normalized spacial score (nSPS) is 28.8.